The number of ether oxygens (including phenoxy) is 1. The molecule has 0 amide bonds. The highest BCUT2D eigenvalue weighted by atomic mass is 127. The first kappa shape index (κ1) is 20.2. The summed E-state index contributed by atoms with van der Waals surface area (Å²) in [5.41, 5.74) is 4.72. The number of nitrogens with zero attached hydrogens (tertiary/aromatic N) is 2. The molecule has 6 heteroatoms. The molecule has 0 unspecified atom stereocenters. The van der Waals surface area contributed by atoms with Gasteiger partial charge >= 0.3 is 0 Å². The lowest BCUT2D eigenvalue weighted by Gasteiger charge is -2.13. The van der Waals surface area contributed by atoms with Gasteiger partial charge in [-0.1, -0.05) is 29.8 Å². The van der Waals surface area contributed by atoms with Crippen LogP contribution in [0, 0.1) is 13.8 Å². The summed E-state index contributed by atoms with van der Waals surface area (Å²) in [6, 6.07) is 12.2. The number of hydrogen-bond donors (Lipinski definition) is 2. The molecule has 1 aromatic carbocycles. The van der Waals surface area contributed by atoms with E-state index in [9.17, 15) is 0 Å². The summed E-state index contributed by atoms with van der Waals surface area (Å²) in [7, 11) is 3.38. The quantitative estimate of drug-likeness (QED) is 0.426. The molecular formula is C18H25IN4O. The third-order valence-electron chi connectivity index (χ3n) is 3.60. The maximum absolute atomic E-state index is 5.13. The molecule has 0 fully saturated rings. The Morgan fingerprint density at radius 1 is 1.12 bits per heavy atom. The van der Waals surface area contributed by atoms with Crippen molar-refractivity contribution < 1.29 is 4.74 Å². The van der Waals surface area contributed by atoms with Crippen molar-refractivity contribution in [2.45, 2.75) is 26.9 Å². The molecule has 2 N–H and O–H groups in total. The highest BCUT2D eigenvalue weighted by Gasteiger charge is 2.03. The molecule has 0 aliphatic carbocycles. The van der Waals surface area contributed by atoms with Crippen molar-refractivity contribution in [3.8, 4) is 5.88 Å². The zero-order valence-corrected chi connectivity index (χ0v) is 16.9. The Balaban J connectivity index is 0.00000288. The molecule has 1 aromatic heterocycles. The number of rotatable bonds is 5. The minimum Gasteiger partial charge on any atom is -0.481 e. The van der Waals surface area contributed by atoms with Crippen molar-refractivity contribution in [3.63, 3.8) is 0 Å². The van der Waals surface area contributed by atoms with Crippen molar-refractivity contribution in [1.82, 2.24) is 15.6 Å². The zero-order chi connectivity index (χ0) is 16.7. The summed E-state index contributed by atoms with van der Waals surface area (Å²) in [5.74, 6) is 1.36. The Morgan fingerprint density at radius 2 is 1.88 bits per heavy atom. The first-order chi connectivity index (χ1) is 11.1. The van der Waals surface area contributed by atoms with Crippen LogP contribution in [-0.4, -0.2) is 25.1 Å². The van der Waals surface area contributed by atoms with Crippen LogP contribution in [0.15, 0.2) is 41.4 Å². The second-order valence-corrected chi connectivity index (χ2v) is 5.38. The van der Waals surface area contributed by atoms with Crippen molar-refractivity contribution in [3.05, 3.63) is 58.8 Å². The summed E-state index contributed by atoms with van der Waals surface area (Å²) in [6.07, 6.45) is 0. The highest BCUT2D eigenvalue weighted by Crippen LogP contribution is 2.10. The monoisotopic (exact) mass is 440 g/mol. The van der Waals surface area contributed by atoms with Gasteiger partial charge in [0.05, 0.1) is 19.3 Å². The van der Waals surface area contributed by atoms with Crippen LogP contribution >= 0.6 is 24.0 Å². The van der Waals surface area contributed by atoms with E-state index in [1.807, 2.05) is 18.2 Å². The van der Waals surface area contributed by atoms with Crippen molar-refractivity contribution in [2.75, 3.05) is 14.2 Å². The van der Waals surface area contributed by atoms with Crippen molar-refractivity contribution in [1.29, 1.82) is 0 Å². The zero-order valence-electron chi connectivity index (χ0n) is 14.6. The van der Waals surface area contributed by atoms with Gasteiger partial charge in [-0.2, -0.15) is 0 Å². The Labute approximate surface area is 161 Å². The number of methoxy groups -OCH3 is 1. The summed E-state index contributed by atoms with van der Waals surface area (Å²) < 4.78 is 5.13. The number of aryl methyl sites for hydroxylation is 2. The van der Waals surface area contributed by atoms with E-state index in [2.05, 4.69) is 52.7 Å². The van der Waals surface area contributed by atoms with Gasteiger partial charge in [-0.25, -0.2) is 4.98 Å². The molecule has 24 heavy (non-hydrogen) atoms. The minimum atomic E-state index is 0. The summed E-state index contributed by atoms with van der Waals surface area (Å²) in [4.78, 5) is 8.62. The van der Waals surface area contributed by atoms with E-state index in [4.69, 9.17) is 4.74 Å². The molecule has 0 aliphatic heterocycles. The molecule has 0 spiro atoms. The lowest BCUT2D eigenvalue weighted by Crippen LogP contribution is -2.36. The number of halogens is 1. The van der Waals surface area contributed by atoms with Crippen LogP contribution in [0.2, 0.25) is 0 Å². The molecule has 130 valence electrons. The summed E-state index contributed by atoms with van der Waals surface area (Å²) in [5, 5.41) is 6.58. The third-order valence-corrected chi connectivity index (χ3v) is 3.60. The van der Waals surface area contributed by atoms with Gasteiger partial charge in [-0.15, -0.1) is 24.0 Å². The highest BCUT2D eigenvalue weighted by molar-refractivity contribution is 14.0. The number of pyridine rings is 1. The van der Waals surface area contributed by atoms with Crippen molar-refractivity contribution in [2.24, 2.45) is 4.99 Å². The average molecular weight is 440 g/mol. The topological polar surface area (TPSA) is 58.5 Å². The van der Waals surface area contributed by atoms with Gasteiger partial charge in [-0.05, 0) is 31.0 Å². The molecule has 2 aromatic rings. The Bertz CT molecular complexity index is 688. The second-order valence-electron chi connectivity index (χ2n) is 5.38. The first-order valence-corrected chi connectivity index (χ1v) is 7.63. The molecule has 0 atom stereocenters. The van der Waals surface area contributed by atoms with Gasteiger partial charge in [0, 0.05) is 19.7 Å². The summed E-state index contributed by atoms with van der Waals surface area (Å²) in [6.45, 7) is 5.55. The van der Waals surface area contributed by atoms with Crippen LogP contribution < -0.4 is 15.4 Å². The molecule has 2 rings (SSSR count). The second kappa shape index (κ2) is 10.1. The molecule has 0 aliphatic rings. The fraction of sp³-hybridized carbons (Fsp3) is 0.333. The lowest BCUT2D eigenvalue weighted by atomic mass is 10.1. The SMILES string of the molecule is CN=C(NCc1cccc(OC)n1)NCc1ccc(C)cc1C.I. The molecule has 5 nitrogen and oxygen atoms in total. The maximum atomic E-state index is 5.13. The van der Waals surface area contributed by atoms with E-state index in [1.165, 1.54) is 16.7 Å². The average Bonchev–Trinajstić information content (AvgIpc) is 2.56. The summed E-state index contributed by atoms with van der Waals surface area (Å²) >= 11 is 0. The first-order valence-electron chi connectivity index (χ1n) is 7.63. The van der Waals surface area contributed by atoms with E-state index in [1.54, 1.807) is 14.2 Å². The van der Waals surface area contributed by atoms with Gasteiger partial charge in [0.15, 0.2) is 5.96 Å². The fourth-order valence-electron chi connectivity index (χ4n) is 2.29. The number of nitrogens with one attached hydrogen (secondary N) is 2. The normalized spacial score (nSPS) is 10.8. The van der Waals surface area contributed by atoms with E-state index >= 15 is 0 Å². The van der Waals surface area contributed by atoms with Crippen LogP contribution in [0.5, 0.6) is 5.88 Å². The Hall–Kier alpha value is -1.83. The fourth-order valence-corrected chi connectivity index (χ4v) is 2.29. The number of hydrogen-bond acceptors (Lipinski definition) is 3. The van der Waals surface area contributed by atoms with Crippen LogP contribution in [0.25, 0.3) is 0 Å². The van der Waals surface area contributed by atoms with Gasteiger partial charge < -0.3 is 15.4 Å². The van der Waals surface area contributed by atoms with Crippen LogP contribution in [-0.2, 0) is 13.1 Å². The standard InChI is InChI=1S/C18H24N4O.HI/c1-13-8-9-15(14(2)10-13)11-20-18(19-3)21-12-16-6-5-7-17(22-16)23-4;/h5-10H,11-12H2,1-4H3,(H2,19,20,21);1H. The number of guanidine groups is 1. The number of aliphatic imine (C=N–C) groups is 1. The van der Waals surface area contributed by atoms with E-state index in [0.29, 0.717) is 12.4 Å². The van der Waals surface area contributed by atoms with E-state index < -0.39 is 0 Å². The van der Waals surface area contributed by atoms with Crippen LogP contribution in [0.4, 0.5) is 0 Å². The van der Waals surface area contributed by atoms with E-state index in [0.717, 1.165) is 18.2 Å². The third kappa shape index (κ3) is 5.99. The van der Waals surface area contributed by atoms with Crippen LogP contribution in [0.1, 0.15) is 22.4 Å². The smallest absolute Gasteiger partial charge is 0.213 e. The predicted molar refractivity (Wildman–Crippen MR) is 109 cm³/mol. The van der Waals surface area contributed by atoms with Gasteiger partial charge in [0.2, 0.25) is 5.88 Å². The lowest BCUT2D eigenvalue weighted by molar-refractivity contribution is 0.396. The predicted octanol–water partition coefficient (Wildman–Crippen LogP) is 3.19. The minimum absolute atomic E-state index is 0. The van der Waals surface area contributed by atoms with Crippen LogP contribution in [0.3, 0.4) is 0 Å². The van der Waals surface area contributed by atoms with E-state index in [-0.39, 0.29) is 24.0 Å². The largest absolute Gasteiger partial charge is 0.481 e. The number of benzene rings is 1. The molecule has 1 heterocycles. The Kier molecular flexibility index (Phi) is 8.53. The van der Waals surface area contributed by atoms with Gasteiger partial charge in [-0.3, -0.25) is 4.99 Å². The molecular weight excluding hydrogens is 415 g/mol. The molecule has 0 saturated carbocycles. The molecule has 0 saturated heterocycles. The molecule has 0 bridgehead atoms. The van der Waals surface area contributed by atoms with Gasteiger partial charge in [0.1, 0.15) is 0 Å². The number of aromatic nitrogens is 1. The Morgan fingerprint density at radius 3 is 2.54 bits per heavy atom. The maximum Gasteiger partial charge on any atom is 0.213 e. The van der Waals surface area contributed by atoms with Gasteiger partial charge in [0.25, 0.3) is 0 Å². The van der Waals surface area contributed by atoms with Crippen molar-refractivity contribution >= 4 is 29.9 Å². The molecule has 0 radical (unpaired) electrons.